The van der Waals surface area contributed by atoms with Gasteiger partial charge in [-0.15, -0.1) is 11.3 Å². The Morgan fingerprint density at radius 3 is 3.00 bits per heavy atom. The molecule has 96 valence electrons. The van der Waals surface area contributed by atoms with Gasteiger partial charge in [0.1, 0.15) is 0 Å². The topological polar surface area (TPSA) is 37.4 Å². The van der Waals surface area contributed by atoms with Crippen LogP contribution in [0.3, 0.4) is 0 Å². The summed E-state index contributed by atoms with van der Waals surface area (Å²) in [5.41, 5.74) is 0. The lowest BCUT2D eigenvalue weighted by molar-refractivity contribution is 0.0384. The van der Waals surface area contributed by atoms with E-state index in [0.717, 1.165) is 52.4 Å². The van der Waals surface area contributed by atoms with E-state index in [1.807, 2.05) is 17.5 Å². The lowest BCUT2D eigenvalue weighted by Crippen LogP contribution is -2.40. The number of hydrogen-bond acceptors (Lipinski definition) is 5. The average Bonchev–Trinajstić information content (AvgIpc) is 2.84. The summed E-state index contributed by atoms with van der Waals surface area (Å²) < 4.78 is 5.32. The number of rotatable bonds is 6. The van der Waals surface area contributed by atoms with Crippen molar-refractivity contribution in [1.29, 1.82) is 0 Å². The second-order valence-corrected chi connectivity index (χ2v) is 5.40. The second-order valence-electron chi connectivity index (χ2n) is 4.20. The second kappa shape index (κ2) is 7.06. The Labute approximate surface area is 107 Å². The van der Waals surface area contributed by atoms with Crippen molar-refractivity contribution in [3.8, 4) is 0 Å². The number of aromatic nitrogens is 1. The summed E-state index contributed by atoms with van der Waals surface area (Å²) in [7, 11) is 0. The zero-order chi connectivity index (χ0) is 11.9. The molecule has 0 aromatic carbocycles. The summed E-state index contributed by atoms with van der Waals surface area (Å²) in [6.07, 6.45) is 3.03. The highest BCUT2D eigenvalue weighted by atomic mass is 32.1. The molecule has 0 aliphatic carbocycles. The molecule has 0 atom stereocenters. The van der Waals surface area contributed by atoms with Crippen LogP contribution < -0.4 is 5.32 Å². The highest BCUT2D eigenvalue weighted by molar-refractivity contribution is 7.11. The van der Waals surface area contributed by atoms with Crippen LogP contribution in [-0.2, 0) is 17.7 Å². The van der Waals surface area contributed by atoms with Gasteiger partial charge in [0.2, 0.25) is 0 Å². The minimum absolute atomic E-state index is 0.884. The molecule has 1 aromatic rings. The van der Waals surface area contributed by atoms with Crippen LogP contribution in [0, 0.1) is 0 Å². The van der Waals surface area contributed by atoms with E-state index < -0.39 is 0 Å². The first kappa shape index (κ1) is 13.0. The molecule has 1 aromatic heterocycles. The molecule has 1 N–H and O–H groups in total. The van der Waals surface area contributed by atoms with Gasteiger partial charge in [0, 0.05) is 43.8 Å². The third-order valence-corrected chi connectivity index (χ3v) is 4.05. The molecular weight excluding hydrogens is 234 g/mol. The standard InChI is InChI=1S/C12H21N3OS/c1-2-12-14-10-11(17-12)9-13-3-4-15-5-7-16-8-6-15/h10,13H,2-9H2,1H3. The van der Waals surface area contributed by atoms with Crippen LogP contribution in [0.4, 0.5) is 0 Å². The Morgan fingerprint density at radius 1 is 1.47 bits per heavy atom. The van der Waals surface area contributed by atoms with Gasteiger partial charge in [-0.2, -0.15) is 0 Å². The number of nitrogens with zero attached hydrogens (tertiary/aromatic N) is 2. The zero-order valence-electron chi connectivity index (χ0n) is 10.4. The van der Waals surface area contributed by atoms with Crippen molar-refractivity contribution >= 4 is 11.3 Å². The van der Waals surface area contributed by atoms with E-state index in [1.165, 1.54) is 9.88 Å². The maximum absolute atomic E-state index is 5.32. The van der Waals surface area contributed by atoms with Crippen molar-refractivity contribution in [1.82, 2.24) is 15.2 Å². The van der Waals surface area contributed by atoms with Crippen LogP contribution >= 0.6 is 11.3 Å². The zero-order valence-corrected chi connectivity index (χ0v) is 11.3. The maximum atomic E-state index is 5.32. The molecule has 0 radical (unpaired) electrons. The van der Waals surface area contributed by atoms with Crippen molar-refractivity contribution in [3.05, 3.63) is 16.1 Å². The van der Waals surface area contributed by atoms with Crippen molar-refractivity contribution in [3.63, 3.8) is 0 Å². The van der Waals surface area contributed by atoms with Gasteiger partial charge >= 0.3 is 0 Å². The van der Waals surface area contributed by atoms with Gasteiger partial charge < -0.3 is 10.1 Å². The molecule has 0 saturated carbocycles. The van der Waals surface area contributed by atoms with Gasteiger partial charge in [0.15, 0.2) is 0 Å². The van der Waals surface area contributed by atoms with Crippen LogP contribution in [0.15, 0.2) is 6.20 Å². The number of thiazole rings is 1. The summed E-state index contributed by atoms with van der Waals surface area (Å²) in [5.74, 6) is 0. The van der Waals surface area contributed by atoms with Crippen LogP contribution in [0.2, 0.25) is 0 Å². The molecule has 1 saturated heterocycles. The van der Waals surface area contributed by atoms with E-state index in [2.05, 4.69) is 22.1 Å². The number of nitrogens with one attached hydrogen (secondary N) is 1. The fraction of sp³-hybridized carbons (Fsp3) is 0.750. The fourth-order valence-corrected chi connectivity index (χ4v) is 2.70. The lowest BCUT2D eigenvalue weighted by Gasteiger charge is -2.26. The van der Waals surface area contributed by atoms with E-state index in [4.69, 9.17) is 4.74 Å². The fourth-order valence-electron chi connectivity index (χ4n) is 1.87. The summed E-state index contributed by atoms with van der Waals surface area (Å²) in [6.45, 7) is 9.16. The monoisotopic (exact) mass is 255 g/mol. The molecule has 2 heterocycles. The third kappa shape index (κ3) is 4.35. The predicted octanol–water partition coefficient (Wildman–Crippen LogP) is 1.13. The van der Waals surface area contributed by atoms with Gasteiger partial charge in [-0.1, -0.05) is 6.92 Å². The predicted molar refractivity (Wildman–Crippen MR) is 70.5 cm³/mol. The SMILES string of the molecule is CCc1ncc(CNCCN2CCOCC2)s1. The maximum Gasteiger partial charge on any atom is 0.0925 e. The molecule has 0 unspecified atom stereocenters. The van der Waals surface area contributed by atoms with Gasteiger partial charge in [0.05, 0.1) is 18.2 Å². The van der Waals surface area contributed by atoms with Crippen molar-refractivity contribution in [2.24, 2.45) is 0 Å². The Morgan fingerprint density at radius 2 is 2.29 bits per heavy atom. The van der Waals surface area contributed by atoms with E-state index in [0.29, 0.717) is 0 Å². The van der Waals surface area contributed by atoms with Crippen molar-refractivity contribution in [2.45, 2.75) is 19.9 Å². The Bertz CT molecular complexity index is 323. The highest BCUT2D eigenvalue weighted by Crippen LogP contribution is 2.12. The normalized spacial score (nSPS) is 17.5. The number of morpholine rings is 1. The molecule has 0 amide bonds. The first-order chi connectivity index (χ1) is 8.38. The summed E-state index contributed by atoms with van der Waals surface area (Å²) in [5, 5.41) is 4.71. The summed E-state index contributed by atoms with van der Waals surface area (Å²) in [6, 6.07) is 0. The van der Waals surface area contributed by atoms with Gasteiger partial charge in [0.25, 0.3) is 0 Å². The molecule has 1 aliphatic heterocycles. The first-order valence-electron chi connectivity index (χ1n) is 6.33. The minimum Gasteiger partial charge on any atom is -0.379 e. The lowest BCUT2D eigenvalue weighted by atomic mass is 10.4. The number of hydrogen-bond donors (Lipinski definition) is 1. The van der Waals surface area contributed by atoms with Crippen molar-refractivity contribution in [2.75, 3.05) is 39.4 Å². The molecule has 0 spiro atoms. The minimum atomic E-state index is 0.884. The molecule has 17 heavy (non-hydrogen) atoms. The molecule has 4 nitrogen and oxygen atoms in total. The smallest absolute Gasteiger partial charge is 0.0925 e. The number of aryl methyl sites for hydroxylation is 1. The molecule has 1 fully saturated rings. The quantitative estimate of drug-likeness (QED) is 0.773. The Kier molecular flexibility index (Phi) is 5.38. The van der Waals surface area contributed by atoms with E-state index >= 15 is 0 Å². The third-order valence-electron chi connectivity index (χ3n) is 2.91. The Hall–Kier alpha value is -0.490. The Balaban J connectivity index is 1.59. The first-order valence-corrected chi connectivity index (χ1v) is 7.14. The van der Waals surface area contributed by atoms with Gasteiger partial charge in [-0.25, -0.2) is 4.98 Å². The van der Waals surface area contributed by atoms with Crippen LogP contribution in [0.25, 0.3) is 0 Å². The van der Waals surface area contributed by atoms with Gasteiger partial charge in [-0.05, 0) is 6.42 Å². The van der Waals surface area contributed by atoms with Crippen LogP contribution in [0.5, 0.6) is 0 Å². The molecule has 5 heteroatoms. The summed E-state index contributed by atoms with van der Waals surface area (Å²) in [4.78, 5) is 8.14. The molecule has 2 rings (SSSR count). The average molecular weight is 255 g/mol. The molecular formula is C12H21N3OS. The highest BCUT2D eigenvalue weighted by Gasteiger charge is 2.09. The van der Waals surface area contributed by atoms with E-state index in [1.54, 1.807) is 0 Å². The summed E-state index contributed by atoms with van der Waals surface area (Å²) >= 11 is 1.81. The van der Waals surface area contributed by atoms with Crippen LogP contribution in [-0.4, -0.2) is 49.3 Å². The van der Waals surface area contributed by atoms with E-state index in [9.17, 15) is 0 Å². The molecule has 0 bridgehead atoms. The van der Waals surface area contributed by atoms with Crippen molar-refractivity contribution < 1.29 is 4.74 Å². The van der Waals surface area contributed by atoms with E-state index in [-0.39, 0.29) is 0 Å². The molecule has 1 aliphatic rings. The number of ether oxygens (including phenoxy) is 1. The van der Waals surface area contributed by atoms with Gasteiger partial charge in [-0.3, -0.25) is 4.90 Å². The largest absolute Gasteiger partial charge is 0.379 e. The van der Waals surface area contributed by atoms with Crippen LogP contribution in [0.1, 0.15) is 16.8 Å².